The lowest BCUT2D eigenvalue weighted by Crippen LogP contribution is -2.60. The molecule has 2 rings (SSSR count). The minimum Gasteiger partial charge on any atom is -0.508 e. The van der Waals surface area contributed by atoms with E-state index in [0.717, 1.165) is 6.92 Å². The van der Waals surface area contributed by atoms with Gasteiger partial charge in [-0.2, -0.15) is 0 Å². The number of carboxylic acid groups (broad SMARTS) is 1. The number of aromatic hydroxyl groups is 1. The van der Waals surface area contributed by atoms with Gasteiger partial charge < -0.3 is 53.2 Å². The summed E-state index contributed by atoms with van der Waals surface area (Å²) in [4.78, 5) is 117. The molecule has 19 heteroatoms. The quantitative estimate of drug-likeness (QED) is 0.0678. The van der Waals surface area contributed by atoms with Gasteiger partial charge in [0.2, 0.25) is 47.3 Å². The number of nitrogens with zero attached hydrogens (tertiary/aromatic N) is 1. The van der Waals surface area contributed by atoms with Crippen LogP contribution in [0.3, 0.4) is 0 Å². The van der Waals surface area contributed by atoms with E-state index in [2.05, 4.69) is 26.6 Å². The lowest BCUT2D eigenvalue weighted by atomic mass is 9.96. The highest BCUT2D eigenvalue weighted by atomic mass is 16.4. The SMILES string of the molecule is CCC(C)C(NC(=O)C1CCCN1C(=O)C(Cc1ccc(O)cc1)NC(=O)C(CC(N)=O)NC(=O)C(CCC(N)=O)NC(C)=O)C(=O)NC(C(=O)O)C(C)C. The van der Waals surface area contributed by atoms with Crippen LogP contribution >= 0.6 is 0 Å². The van der Waals surface area contributed by atoms with Gasteiger partial charge in [0.15, 0.2) is 0 Å². The molecule has 0 aromatic heterocycles. The maximum Gasteiger partial charge on any atom is 0.326 e. The maximum atomic E-state index is 14.3. The number of carboxylic acids is 1. The van der Waals surface area contributed by atoms with E-state index in [4.69, 9.17) is 11.5 Å². The molecule has 1 aromatic carbocycles. The van der Waals surface area contributed by atoms with Crippen molar-refractivity contribution in [1.29, 1.82) is 0 Å². The Morgan fingerprint density at radius 3 is 1.93 bits per heavy atom. The Balaban J connectivity index is 2.41. The van der Waals surface area contributed by atoms with Crippen molar-refractivity contribution in [2.45, 2.75) is 116 Å². The van der Waals surface area contributed by atoms with E-state index in [-0.39, 0.29) is 38.0 Å². The smallest absolute Gasteiger partial charge is 0.326 e. The van der Waals surface area contributed by atoms with Gasteiger partial charge >= 0.3 is 5.97 Å². The number of nitrogens with two attached hydrogens (primary N) is 2. The van der Waals surface area contributed by atoms with Gasteiger partial charge in [0.1, 0.15) is 42.0 Å². The predicted octanol–water partition coefficient (Wildman–Crippen LogP) is -1.70. The summed E-state index contributed by atoms with van der Waals surface area (Å²) in [6.07, 6.45) is -0.352. The molecule has 1 aromatic rings. The predicted molar refractivity (Wildman–Crippen MR) is 196 cm³/mol. The number of phenols is 1. The number of phenolic OH excluding ortho intramolecular Hbond substituents is 1. The van der Waals surface area contributed by atoms with Crippen LogP contribution < -0.4 is 38.1 Å². The summed E-state index contributed by atoms with van der Waals surface area (Å²) < 4.78 is 0. The standard InChI is InChI=1S/C36H54N8O11/c1-6-19(4)30(34(52)42-29(18(2)3)36(54)55)43-33(51)26-8-7-15-44(26)35(53)25(16-21-9-11-22(46)12-10-21)41-32(50)24(17-28(38)48)40-31(49)23(39-20(5)45)13-14-27(37)47/h9-12,18-19,23-26,29-30,46H,6-8,13-17H2,1-5H3,(H2,37,47)(H2,38,48)(H,39,45)(H,40,49)(H,41,50)(H,42,52)(H,43,51)(H,54,55). The Labute approximate surface area is 319 Å². The molecule has 1 aliphatic rings. The number of aliphatic carboxylic acids is 1. The minimum absolute atomic E-state index is 0.0656. The van der Waals surface area contributed by atoms with Crippen LogP contribution in [0.25, 0.3) is 0 Å². The van der Waals surface area contributed by atoms with Crippen molar-refractivity contribution in [3.63, 3.8) is 0 Å². The average Bonchev–Trinajstić information content (AvgIpc) is 3.60. The van der Waals surface area contributed by atoms with Gasteiger partial charge in [-0.15, -0.1) is 0 Å². The molecule has 0 aliphatic carbocycles. The van der Waals surface area contributed by atoms with Crippen molar-refractivity contribution in [2.75, 3.05) is 6.54 Å². The van der Waals surface area contributed by atoms with Crippen molar-refractivity contribution < 1.29 is 53.4 Å². The molecule has 55 heavy (non-hydrogen) atoms. The van der Waals surface area contributed by atoms with Gasteiger partial charge in [-0.3, -0.25) is 38.4 Å². The number of nitrogens with one attached hydrogen (secondary N) is 5. The molecule has 0 bridgehead atoms. The van der Waals surface area contributed by atoms with E-state index < -0.39 is 108 Å². The van der Waals surface area contributed by atoms with E-state index in [1.165, 1.54) is 29.2 Å². The number of primary amides is 2. The lowest BCUT2D eigenvalue weighted by Gasteiger charge is -2.32. The normalized spacial score (nSPS) is 17.1. The first-order valence-corrected chi connectivity index (χ1v) is 18.1. The molecule has 11 N–H and O–H groups in total. The second-order valence-electron chi connectivity index (χ2n) is 14.1. The van der Waals surface area contributed by atoms with E-state index in [9.17, 15) is 53.4 Å². The zero-order chi connectivity index (χ0) is 41.6. The van der Waals surface area contributed by atoms with Crippen molar-refractivity contribution >= 4 is 53.2 Å². The Kier molecular flexibility index (Phi) is 17.5. The van der Waals surface area contributed by atoms with Crippen LogP contribution in [0.5, 0.6) is 5.75 Å². The fraction of sp³-hybridized carbons (Fsp3) is 0.583. The van der Waals surface area contributed by atoms with Crippen LogP contribution in [0.15, 0.2) is 24.3 Å². The molecule has 7 unspecified atom stereocenters. The first-order valence-electron chi connectivity index (χ1n) is 18.1. The number of benzene rings is 1. The summed E-state index contributed by atoms with van der Waals surface area (Å²) in [6.45, 7) is 7.99. The summed E-state index contributed by atoms with van der Waals surface area (Å²) in [5, 5.41) is 31.9. The molecule has 19 nitrogen and oxygen atoms in total. The average molecular weight is 775 g/mol. The van der Waals surface area contributed by atoms with Crippen molar-refractivity contribution in [2.24, 2.45) is 23.3 Å². The number of amides is 8. The first kappa shape index (κ1) is 45.4. The Hall–Kier alpha value is -5.75. The molecular weight excluding hydrogens is 720 g/mol. The zero-order valence-corrected chi connectivity index (χ0v) is 31.8. The zero-order valence-electron chi connectivity index (χ0n) is 31.8. The van der Waals surface area contributed by atoms with Crippen LogP contribution in [0.1, 0.15) is 78.7 Å². The van der Waals surface area contributed by atoms with Gasteiger partial charge in [0, 0.05) is 26.3 Å². The third kappa shape index (κ3) is 14.2. The fourth-order valence-corrected chi connectivity index (χ4v) is 6.03. The molecular formula is C36H54N8O11. The van der Waals surface area contributed by atoms with Gasteiger partial charge in [0.05, 0.1) is 6.42 Å². The van der Waals surface area contributed by atoms with Crippen molar-refractivity contribution in [3.05, 3.63) is 29.8 Å². The highest BCUT2D eigenvalue weighted by Gasteiger charge is 2.41. The molecule has 1 heterocycles. The summed E-state index contributed by atoms with van der Waals surface area (Å²) in [5.41, 5.74) is 11.1. The van der Waals surface area contributed by atoms with E-state index >= 15 is 0 Å². The Morgan fingerprint density at radius 2 is 1.40 bits per heavy atom. The molecule has 8 amide bonds. The largest absolute Gasteiger partial charge is 0.508 e. The first-order chi connectivity index (χ1) is 25.7. The molecule has 0 radical (unpaired) electrons. The van der Waals surface area contributed by atoms with Crippen molar-refractivity contribution in [3.8, 4) is 5.75 Å². The van der Waals surface area contributed by atoms with Crippen LogP contribution in [0.4, 0.5) is 0 Å². The Morgan fingerprint density at radius 1 is 0.800 bits per heavy atom. The number of likely N-dealkylation sites (tertiary alicyclic amines) is 1. The van der Waals surface area contributed by atoms with E-state index in [1.54, 1.807) is 27.7 Å². The summed E-state index contributed by atoms with van der Waals surface area (Å²) in [7, 11) is 0. The monoisotopic (exact) mass is 774 g/mol. The third-order valence-electron chi connectivity index (χ3n) is 9.26. The van der Waals surface area contributed by atoms with Crippen molar-refractivity contribution in [1.82, 2.24) is 31.5 Å². The van der Waals surface area contributed by atoms with Gasteiger partial charge in [-0.05, 0) is 48.8 Å². The third-order valence-corrected chi connectivity index (χ3v) is 9.26. The van der Waals surface area contributed by atoms with Crippen LogP contribution in [0, 0.1) is 11.8 Å². The number of hydrogen-bond acceptors (Lipinski definition) is 10. The van der Waals surface area contributed by atoms with Crippen LogP contribution in [0.2, 0.25) is 0 Å². The molecule has 7 atom stereocenters. The molecule has 0 saturated carbocycles. The topological polar surface area (TPSA) is 310 Å². The number of rotatable bonds is 21. The van der Waals surface area contributed by atoms with E-state index in [0.29, 0.717) is 18.4 Å². The second kappa shape index (κ2) is 21.2. The van der Waals surface area contributed by atoms with E-state index in [1.807, 2.05) is 0 Å². The van der Waals surface area contributed by atoms with Gasteiger partial charge in [0.25, 0.3) is 0 Å². The van der Waals surface area contributed by atoms with Gasteiger partial charge in [-0.25, -0.2) is 4.79 Å². The molecule has 0 spiro atoms. The van der Waals surface area contributed by atoms with Crippen LogP contribution in [-0.2, 0) is 49.6 Å². The summed E-state index contributed by atoms with van der Waals surface area (Å²) in [6, 6.07) is -2.03. The highest BCUT2D eigenvalue weighted by molar-refractivity contribution is 5.98. The molecule has 1 saturated heterocycles. The second-order valence-corrected chi connectivity index (χ2v) is 14.1. The van der Waals surface area contributed by atoms with Crippen LogP contribution in [-0.4, -0.2) is 111 Å². The lowest BCUT2D eigenvalue weighted by molar-refractivity contribution is -0.145. The summed E-state index contributed by atoms with van der Waals surface area (Å²) >= 11 is 0. The van der Waals surface area contributed by atoms with Gasteiger partial charge in [-0.1, -0.05) is 46.2 Å². The Bertz CT molecular complexity index is 1590. The highest BCUT2D eigenvalue weighted by Crippen LogP contribution is 2.22. The number of carbonyl (C=O) groups excluding carboxylic acids is 8. The maximum absolute atomic E-state index is 14.3. The molecule has 304 valence electrons. The fourth-order valence-electron chi connectivity index (χ4n) is 6.03. The minimum atomic E-state index is -1.64. The number of hydrogen-bond donors (Lipinski definition) is 9. The summed E-state index contributed by atoms with van der Waals surface area (Å²) in [5.74, 6) is -8.56. The molecule has 1 fully saturated rings. The number of carbonyl (C=O) groups is 9. The molecule has 1 aliphatic heterocycles.